The van der Waals surface area contributed by atoms with Gasteiger partial charge >= 0.3 is 0 Å². The number of carbonyl (C=O) groups excluding carboxylic acids is 1. The zero-order valence-corrected chi connectivity index (χ0v) is 14.0. The molecule has 1 fully saturated rings. The quantitative estimate of drug-likeness (QED) is 0.644. The number of nitro groups is 1. The number of rotatable bonds is 5. The summed E-state index contributed by atoms with van der Waals surface area (Å²) in [6.07, 6.45) is 2.93. The fourth-order valence-corrected chi connectivity index (χ4v) is 3.71. The largest absolute Gasteiger partial charge is 0.355 e. The number of hydrogen-bond acceptors (Lipinski definition) is 5. The van der Waals surface area contributed by atoms with Gasteiger partial charge in [-0.15, -0.1) is 11.3 Å². The van der Waals surface area contributed by atoms with Gasteiger partial charge in [0, 0.05) is 35.0 Å². The molecule has 126 valence electrons. The highest BCUT2D eigenvalue weighted by Crippen LogP contribution is 2.30. The van der Waals surface area contributed by atoms with Gasteiger partial charge in [-0.25, -0.2) is 0 Å². The highest BCUT2D eigenvalue weighted by Gasteiger charge is 2.20. The molecule has 1 aliphatic heterocycles. The molecule has 2 aromatic rings. The van der Waals surface area contributed by atoms with Crippen molar-refractivity contribution in [2.75, 3.05) is 6.54 Å². The van der Waals surface area contributed by atoms with E-state index < -0.39 is 0 Å². The van der Waals surface area contributed by atoms with Crippen LogP contribution in [0.2, 0.25) is 0 Å². The van der Waals surface area contributed by atoms with Crippen LogP contribution < -0.4 is 10.6 Å². The average molecular weight is 345 g/mol. The SMILES string of the molecule is O=C1NCCCC[C@H]1NCc1ccc(-c2cccc([N+](=O)[O-])c2)s1. The Labute approximate surface area is 144 Å². The molecule has 2 N–H and O–H groups in total. The van der Waals surface area contributed by atoms with E-state index in [4.69, 9.17) is 0 Å². The minimum absolute atomic E-state index is 0.0722. The molecule has 2 heterocycles. The maximum absolute atomic E-state index is 11.9. The highest BCUT2D eigenvalue weighted by molar-refractivity contribution is 7.15. The Balaban J connectivity index is 1.66. The van der Waals surface area contributed by atoms with Gasteiger partial charge in [0.05, 0.1) is 11.0 Å². The van der Waals surface area contributed by atoms with Crippen molar-refractivity contribution in [2.24, 2.45) is 0 Å². The Hall–Kier alpha value is -2.25. The maximum atomic E-state index is 11.9. The molecule has 0 unspecified atom stereocenters. The molecular weight excluding hydrogens is 326 g/mol. The Morgan fingerprint density at radius 2 is 2.17 bits per heavy atom. The Morgan fingerprint density at radius 3 is 3.00 bits per heavy atom. The molecule has 0 spiro atoms. The number of nitrogens with zero attached hydrogens (tertiary/aromatic N) is 1. The first-order chi connectivity index (χ1) is 11.6. The number of non-ortho nitro benzene ring substituents is 1. The van der Waals surface area contributed by atoms with Gasteiger partial charge in [0.1, 0.15) is 0 Å². The molecule has 1 aromatic carbocycles. The molecular formula is C17H19N3O3S. The summed E-state index contributed by atoms with van der Waals surface area (Å²) in [5.74, 6) is 0.0722. The molecule has 6 nitrogen and oxygen atoms in total. The highest BCUT2D eigenvalue weighted by atomic mass is 32.1. The van der Waals surface area contributed by atoms with Crippen LogP contribution in [0, 0.1) is 10.1 Å². The van der Waals surface area contributed by atoms with Crippen LogP contribution in [0.15, 0.2) is 36.4 Å². The molecule has 0 saturated carbocycles. The topological polar surface area (TPSA) is 84.3 Å². The first-order valence-electron chi connectivity index (χ1n) is 7.98. The van der Waals surface area contributed by atoms with Crippen molar-refractivity contribution in [1.82, 2.24) is 10.6 Å². The van der Waals surface area contributed by atoms with E-state index in [0.717, 1.165) is 41.1 Å². The van der Waals surface area contributed by atoms with Crippen molar-refractivity contribution < 1.29 is 9.72 Å². The van der Waals surface area contributed by atoms with E-state index >= 15 is 0 Å². The van der Waals surface area contributed by atoms with Crippen molar-refractivity contribution in [1.29, 1.82) is 0 Å². The van der Waals surface area contributed by atoms with Gasteiger partial charge in [0.25, 0.3) is 5.69 Å². The number of nitro benzene ring substituents is 1. The Bertz CT molecular complexity index is 744. The minimum Gasteiger partial charge on any atom is -0.355 e. The monoisotopic (exact) mass is 345 g/mol. The maximum Gasteiger partial charge on any atom is 0.270 e. The van der Waals surface area contributed by atoms with E-state index in [1.165, 1.54) is 6.07 Å². The van der Waals surface area contributed by atoms with E-state index in [1.54, 1.807) is 23.5 Å². The number of nitrogens with one attached hydrogen (secondary N) is 2. The summed E-state index contributed by atoms with van der Waals surface area (Å²) in [7, 11) is 0. The summed E-state index contributed by atoms with van der Waals surface area (Å²) in [6.45, 7) is 1.38. The van der Waals surface area contributed by atoms with Gasteiger partial charge in [0.15, 0.2) is 0 Å². The van der Waals surface area contributed by atoms with Crippen LogP contribution in [0.25, 0.3) is 10.4 Å². The number of amides is 1. The fourth-order valence-electron chi connectivity index (χ4n) is 2.76. The van der Waals surface area contributed by atoms with Crippen LogP contribution in [0.4, 0.5) is 5.69 Å². The van der Waals surface area contributed by atoms with Gasteiger partial charge in [0.2, 0.25) is 5.91 Å². The fraction of sp³-hybridized carbons (Fsp3) is 0.353. The molecule has 24 heavy (non-hydrogen) atoms. The molecule has 1 aliphatic rings. The first kappa shape index (κ1) is 16.6. The van der Waals surface area contributed by atoms with Gasteiger partial charge in [-0.3, -0.25) is 14.9 Å². The molecule has 1 saturated heterocycles. The smallest absolute Gasteiger partial charge is 0.270 e. The predicted octanol–water partition coefficient (Wildman–Crippen LogP) is 3.08. The molecule has 0 bridgehead atoms. The van der Waals surface area contributed by atoms with Crippen LogP contribution in [-0.2, 0) is 11.3 Å². The number of hydrogen-bond donors (Lipinski definition) is 2. The average Bonchev–Trinajstić information content (AvgIpc) is 2.96. The van der Waals surface area contributed by atoms with Crippen molar-refractivity contribution in [3.05, 3.63) is 51.4 Å². The van der Waals surface area contributed by atoms with E-state index in [2.05, 4.69) is 10.6 Å². The second-order valence-corrected chi connectivity index (χ2v) is 6.96. The summed E-state index contributed by atoms with van der Waals surface area (Å²) in [5.41, 5.74) is 0.934. The lowest BCUT2D eigenvalue weighted by Gasteiger charge is -2.14. The van der Waals surface area contributed by atoms with Crippen LogP contribution in [0.3, 0.4) is 0 Å². The van der Waals surface area contributed by atoms with E-state index in [1.807, 2.05) is 18.2 Å². The number of thiophene rings is 1. The summed E-state index contributed by atoms with van der Waals surface area (Å²) >= 11 is 1.58. The third kappa shape index (κ3) is 3.98. The standard InChI is InChI=1S/C17H19N3O3S/c21-17-15(6-1-2-9-18-17)19-11-14-7-8-16(24-14)12-4-3-5-13(10-12)20(22)23/h3-5,7-8,10,15,19H,1-2,6,9,11H2,(H,18,21)/t15-/m1/s1. The third-order valence-electron chi connectivity index (χ3n) is 4.06. The van der Waals surface area contributed by atoms with Gasteiger partial charge < -0.3 is 10.6 Å². The van der Waals surface area contributed by atoms with E-state index in [9.17, 15) is 14.9 Å². The van der Waals surface area contributed by atoms with Crippen LogP contribution in [0.5, 0.6) is 0 Å². The summed E-state index contributed by atoms with van der Waals surface area (Å²) in [5, 5.41) is 17.1. The molecule has 0 radical (unpaired) electrons. The Kier molecular flexibility index (Phi) is 5.22. The van der Waals surface area contributed by atoms with Crippen molar-refractivity contribution in [2.45, 2.75) is 31.8 Å². The molecule has 1 atom stereocenters. The van der Waals surface area contributed by atoms with Gasteiger partial charge in [-0.1, -0.05) is 12.1 Å². The molecule has 7 heteroatoms. The second-order valence-electron chi connectivity index (χ2n) is 5.79. The number of benzene rings is 1. The van der Waals surface area contributed by atoms with Crippen LogP contribution in [-0.4, -0.2) is 23.4 Å². The Morgan fingerprint density at radius 1 is 1.29 bits per heavy atom. The third-order valence-corrected chi connectivity index (χ3v) is 5.20. The lowest BCUT2D eigenvalue weighted by Crippen LogP contribution is -2.42. The van der Waals surface area contributed by atoms with Gasteiger partial charge in [-0.05, 0) is 37.0 Å². The lowest BCUT2D eigenvalue weighted by molar-refractivity contribution is -0.384. The van der Waals surface area contributed by atoms with Crippen LogP contribution in [0.1, 0.15) is 24.1 Å². The summed E-state index contributed by atoms with van der Waals surface area (Å²) < 4.78 is 0. The lowest BCUT2D eigenvalue weighted by atomic mass is 10.1. The molecule has 0 aliphatic carbocycles. The van der Waals surface area contributed by atoms with E-state index in [0.29, 0.717) is 6.54 Å². The second kappa shape index (κ2) is 7.55. The van der Waals surface area contributed by atoms with Crippen molar-refractivity contribution in [3.63, 3.8) is 0 Å². The normalized spacial score (nSPS) is 18.0. The van der Waals surface area contributed by atoms with Crippen molar-refractivity contribution >= 4 is 22.9 Å². The van der Waals surface area contributed by atoms with Gasteiger partial charge in [-0.2, -0.15) is 0 Å². The van der Waals surface area contributed by atoms with Crippen LogP contribution >= 0.6 is 11.3 Å². The first-order valence-corrected chi connectivity index (χ1v) is 8.80. The van der Waals surface area contributed by atoms with Crippen molar-refractivity contribution in [3.8, 4) is 10.4 Å². The van der Waals surface area contributed by atoms with E-state index in [-0.39, 0.29) is 22.6 Å². The molecule has 3 rings (SSSR count). The molecule has 1 aromatic heterocycles. The predicted molar refractivity (Wildman–Crippen MR) is 93.9 cm³/mol. The summed E-state index contributed by atoms with van der Waals surface area (Å²) in [4.78, 5) is 24.5. The zero-order valence-electron chi connectivity index (χ0n) is 13.2. The molecule has 1 amide bonds. The summed E-state index contributed by atoms with van der Waals surface area (Å²) in [6, 6.07) is 10.5. The minimum atomic E-state index is -0.385. The zero-order chi connectivity index (χ0) is 16.9. The number of carbonyl (C=O) groups is 1.